The van der Waals surface area contributed by atoms with Crippen LogP contribution in [0, 0.1) is 3.57 Å². The molecule has 2 N–H and O–H groups in total. The number of hydrogen-bond donors (Lipinski definition) is 2. The van der Waals surface area contributed by atoms with Crippen LogP contribution in [-0.2, 0) is 0 Å². The molecule has 1 atom stereocenters. The predicted octanol–water partition coefficient (Wildman–Crippen LogP) is 5.10. The predicted molar refractivity (Wildman–Crippen MR) is 111 cm³/mol. The Balaban J connectivity index is 1.99. The molecule has 128 valence electrons. The van der Waals surface area contributed by atoms with Crippen molar-refractivity contribution < 1.29 is 0 Å². The lowest BCUT2D eigenvalue weighted by molar-refractivity contribution is 0.753. The second kappa shape index (κ2) is 8.24. The zero-order chi connectivity index (χ0) is 17.6. The number of rotatable bonds is 6. The molecular weight excluding hydrogens is 425 g/mol. The van der Waals surface area contributed by atoms with Crippen LogP contribution in [0.1, 0.15) is 20.3 Å². The highest BCUT2D eigenvalue weighted by atomic mass is 127. The fraction of sp³-hybridized carbons (Fsp3) is 0.211. The molecule has 2 heterocycles. The third kappa shape index (κ3) is 4.66. The Bertz CT molecular complexity index is 838. The summed E-state index contributed by atoms with van der Waals surface area (Å²) in [5.41, 5.74) is 2.89. The smallest absolute Gasteiger partial charge is 0.225 e. The van der Waals surface area contributed by atoms with Crippen LogP contribution in [0.5, 0.6) is 0 Å². The Labute approximate surface area is 161 Å². The number of halogens is 1. The van der Waals surface area contributed by atoms with Gasteiger partial charge in [0.2, 0.25) is 5.95 Å². The summed E-state index contributed by atoms with van der Waals surface area (Å²) in [5, 5.41) is 6.76. The summed E-state index contributed by atoms with van der Waals surface area (Å²) in [6.45, 7) is 4.26. The lowest BCUT2D eigenvalue weighted by Gasteiger charge is -2.15. The Hall–Kier alpha value is -2.22. The lowest BCUT2D eigenvalue weighted by Crippen LogP contribution is -2.16. The van der Waals surface area contributed by atoms with Crippen LogP contribution >= 0.6 is 22.6 Å². The second-order valence-electron chi connectivity index (χ2n) is 5.76. The van der Waals surface area contributed by atoms with E-state index in [4.69, 9.17) is 0 Å². The summed E-state index contributed by atoms with van der Waals surface area (Å²) in [6.07, 6.45) is 4.54. The maximum atomic E-state index is 4.66. The zero-order valence-corrected chi connectivity index (χ0v) is 16.4. The van der Waals surface area contributed by atoms with Gasteiger partial charge in [0.15, 0.2) is 0 Å². The number of para-hydroxylation sites is 1. The highest BCUT2D eigenvalue weighted by Gasteiger charge is 2.10. The first-order valence-corrected chi connectivity index (χ1v) is 9.31. The molecule has 0 fully saturated rings. The van der Waals surface area contributed by atoms with E-state index in [0.717, 1.165) is 32.8 Å². The molecule has 1 aromatic carbocycles. The fourth-order valence-electron chi connectivity index (χ4n) is 2.27. The molecule has 3 aromatic rings. The molecule has 0 aliphatic rings. The minimum absolute atomic E-state index is 0.303. The first-order valence-electron chi connectivity index (χ1n) is 8.23. The molecule has 0 aliphatic carbocycles. The van der Waals surface area contributed by atoms with E-state index in [1.165, 1.54) is 0 Å². The minimum atomic E-state index is 0.303. The first kappa shape index (κ1) is 17.6. The van der Waals surface area contributed by atoms with E-state index in [1.54, 1.807) is 12.4 Å². The van der Waals surface area contributed by atoms with Crippen molar-refractivity contribution in [3.05, 3.63) is 58.4 Å². The number of pyridine rings is 1. The van der Waals surface area contributed by atoms with Crippen LogP contribution in [0.2, 0.25) is 0 Å². The van der Waals surface area contributed by atoms with E-state index < -0.39 is 0 Å². The molecule has 5 nitrogen and oxygen atoms in total. The number of aromatic nitrogens is 3. The van der Waals surface area contributed by atoms with Crippen molar-refractivity contribution >= 4 is 40.0 Å². The normalized spacial score (nSPS) is 11.8. The third-order valence-corrected chi connectivity index (χ3v) is 4.77. The van der Waals surface area contributed by atoms with Crippen LogP contribution in [-0.4, -0.2) is 21.0 Å². The molecule has 3 rings (SSSR count). The van der Waals surface area contributed by atoms with Crippen molar-refractivity contribution in [1.29, 1.82) is 0 Å². The summed E-state index contributed by atoms with van der Waals surface area (Å²) in [4.78, 5) is 13.4. The quantitative estimate of drug-likeness (QED) is 0.518. The molecule has 0 amide bonds. The molecule has 0 radical (unpaired) electrons. The molecular formula is C19H20IN5. The Kier molecular flexibility index (Phi) is 5.80. The van der Waals surface area contributed by atoms with Gasteiger partial charge in [-0.1, -0.05) is 19.1 Å². The fourth-order valence-corrected chi connectivity index (χ4v) is 2.79. The largest absolute Gasteiger partial charge is 0.352 e. The number of nitrogens with one attached hydrogen (secondary N) is 2. The van der Waals surface area contributed by atoms with Gasteiger partial charge in [0, 0.05) is 33.6 Å². The number of nitrogens with zero attached hydrogens (tertiary/aromatic N) is 3. The molecule has 0 bridgehead atoms. The highest BCUT2D eigenvalue weighted by molar-refractivity contribution is 14.1. The van der Waals surface area contributed by atoms with Gasteiger partial charge < -0.3 is 10.6 Å². The van der Waals surface area contributed by atoms with Crippen molar-refractivity contribution in [1.82, 2.24) is 15.0 Å². The highest BCUT2D eigenvalue weighted by Crippen LogP contribution is 2.25. The molecule has 0 saturated carbocycles. The van der Waals surface area contributed by atoms with Gasteiger partial charge in [-0.25, -0.2) is 4.98 Å². The van der Waals surface area contributed by atoms with Crippen molar-refractivity contribution in [3.63, 3.8) is 0 Å². The Morgan fingerprint density at radius 1 is 1.08 bits per heavy atom. The SMILES string of the molecule is CC[C@H](C)Nc1nc(Nc2ccccc2I)cc(-c2ccncc2)n1. The molecule has 0 spiro atoms. The summed E-state index contributed by atoms with van der Waals surface area (Å²) in [5.74, 6) is 1.38. The van der Waals surface area contributed by atoms with Gasteiger partial charge in [-0.2, -0.15) is 4.98 Å². The molecule has 0 aliphatic heterocycles. The zero-order valence-electron chi connectivity index (χ0n) is 14.2. The van der Waals surface area contributed by atoms with Crippen LogP contribution in [0.25, 0.3) is 11.3 Å². The van der Waals surface area contributed by atoms with Crippen LogP contribution < -0.4 is 10.6 Å². The average molecular weight is 445 g/mol. The molecule has 0 unspecified atom stereocenters. The summed E-state index contributed by atoms with van der Waals surface area (Å²) in [6, 6.07) is 14.3. The van der Waals surface area contributed by atoms with E-state index in [0.29, 0.717) is 12.0 Å². The third-order valence-electron chi connectivity index (χ3n) is 3.83. The van der Waals surface area contributed by atoms with Crippen molar-refractivity contribution in [3.8, 4) is 11.3 Å². The summed E-state index contributed by atoms with van der Waals surface area (Å²) < 4.78 is 1.14. The number of benzene rings is 1. The topological polar surface area (TPSA) is 62.7 Å². The van der Waals surface area contributed by atoms with E-state index in [-0.39, 0.29) is 0 Å². The lowest BCUT2D eigenvalue weighted by atomic mass is 10.2. The average Bonchev–Trinajstić information content (AvgIpc) is 2.64. The van der Waals surface area contributed by atoms with Crippen molar-refractivity contribution in [2.45, 2.75) is 26.3 Å². The maximum absolute atomic E-state index is 4.66. The van der Waals surface area contributed by atoms with Gasteiger partial charge in [0.1, 0.15) is 5.82 Å². The van der Waals surface area contributed by atoms with Gasteiger partial charge in [0.25, 0.3) is 0 Å². The van der Waals surface area contributed by atoms with Crippen LogP contribution in [0.3, 0.4) is 0 Å². The number of hydrogen-bond acceptors (Lipinski definition) is 5. The second-order valence-corrected chi connectivity index (χ2v) is 6.92. The minimum Gasteiger partial charge on any atom is -0.352 e. The van der Waals surface area contributed by atoms with Gasteiger partial charge in [-0.05, 0) is 60.2 Å². The molecule has 2 aromatic heterocycles. The maximum Gasteiger partial charge on any atom is 0.225 e. The van der Waals surface area contributed by atoms with Gasteiger partial charge in [0.05, 0.1) is 11.4 Å². The van der Waals surface area contributed by atoms with Crippen LogP contribution in [0.15, 0.2) is 54.9 Å². The summed E-state index contributed by atoms with van der Waals surface area (Å²) in [7, 11) is 0. The Morgan fingerprint density at radius 2 is 1.84 bits per heavy atom. The summed E-state index contributed by atoms with van der Waals surface area (Å²) >= 11 is 2.31. The Morgan fingerprint density at radius 3 is 2.56 bits per heavy atom. The molecule has 25 heavy (non-hydrogen) atoms. The first-order chi connectivity index (χ1) is 12.2. The van der Waals surface area contributed by atoms with Gasteiger partial charge in [-0.3, -0.25) is 4.98 Å². The van der Waals surface area contributed by atoms with Crippen molar-refractivity contribution in [2.24, 2.45) is 0 Å². The van der Waals surface area contributed by atoms with Crippen LogP contribution in [0.4, 0.5) is 17.5 Å². The van der Waals surface area contributed by atoms with Gasteiger partial charge in [-0.15, -0.1) is 0 Å². The van der Waals surface area contributed by atoms with E-state index in [1.807, 2.05) is 36.4 Å². The number of anilines is 3. The van der Waals surface area contributed by atoms with E-state index >= 15 is 0 Å². The van der Waals surface area contributed by atoms with Crippen molar-refractivity contribution in [2.75, 3.05) is 10.6 Å². The molecule has 6 heteroatoms. The standard InChI is InChI=1S/C19H20IN5/c1-3-13(2)22-19-24-17(14-8-10-21-11-9-14)12-18(25-19)23-16-7-5-4-6-15(16)20/h4-13H,3H2,1-2H3,(H2,22,23,24,25)/t13-/m0/s1. The monoisotopic (exact) mass is 445 g/mol. The van der Waals surface area contributed by atoms with Gasteiger partial charge >= 0.3 is 0 Å². The van der Waals surface area contributed by atoms with E-state index in [2.05, 4.69) is 68.1 Å². The van der Waals surface area contributed by atoms with E-state index in [9.17, 15) is 0 Å². The molecule has 0 saturated heterocycles.